The Morgan fingerprint density at radius 3 is 2.82 bits per heavy atom. The zero-order chi connectivity index (χ0) is 16.2. The first-order valence-corrected chi connectivity index (χ1v) is 9.30. The Balaban J connectivity index is 1.89. The van der Waals surface area contributed by atoms with Crippen molar-refractivity contribution in [3.63, 3.8) is 0 Å². The molecule has 1 aliphatic rings. The zero-order valence-corrected chi connectivity index (χ0v) is 13.7. The molecular weight excluding hydrogens is 304 g/mol. The van der Waals surface area contributed by atoms with Gasteiger partial charge in [0.25, 0.3) is 0 Å². The number of carbonyl (C=O) groups excluding carboxylic acids is 1. The molecule has 1 atom stereocenters. The second-order valence-corrected chi connectivity index (χ2v) is 7.81. The summed E-state index contributed by atoms with van der Waals surface area (Å²) in [5.41, 5.74) is 1.01. The van der Waals surface area contributed by atoms with Crippen molar-refractivity contribution in [2.45, 2.75) is 18.9 Å². The number of sulfone groups is 1. The third-order valence-electron chi connectivity index (χ3n) is 3.68. The fourth-order valence-corrected chi connectivity index (χ4v) is 3.12. The van der Waals surface area contributed by atoms with Crippen LogP contribution in [-0.2, 0) is 14.6 Å². The summed E-state index contributed by atoms with van der Waals surface area (Å²) in [4.78, 5) is 14.0. The van der Waals surface area contributed by atoms with E-state index in [0.717, 1.165) is 30.7 Å². The Labute approximate surface area is 131 Å². The highest BCUT2D eigenvalue weighted by atomic mass is 32.2. The smallest absolute Gasteiger partial charge is 0.221 e. The Bertz CT molecular complexity index is 630. The Morgan fingerprint density at radius 1 is 1.41 bits per heavy atom. The fourth-order valence-electron chi connectivity index (χ4n) is 2.57. The summed E-state index contributed by atoms with van der Waals surface area (Å²) in [6.45, 7) is 1.53. The van der Waals surface area contributed by atoms with Crippen molar-refractivity contribution < 1.29 is 17.9 Å². The summed E-state index contributed by atoms with van der Waals surface area (Å²) < 4.78 is 27.5. The number of benzene rings is 1. The molecule has 0 saturated carbocycles. The molecule has 122 valence electrons. The van der Waals surface area contributed by atoms with E-state index in [1.54, 1.807) is 7.11 Å². The highest BCUT2D eigenvalue weighted by Crippen LogP contribution is 2.30. The van der Waals surface area contributed by atoms with Crippen molar-refractivity contribution in [2.75, 3.05) is 37.1 Å². The lowest BCUT2D eigenvalue weighted by Crippen LogP contribution is -2.37. The van der Waals surface area contributed by atoms with Gasteiger partial charge in [-0.1, -0.05) is 12.1 Å². The van der Waals surface area contributed by atoms with E-state index >= 15 is 0 Å². The number of rotatable bonds is 6. The van der Waals surface area contributed by atoms with Crippen molar-refractivity contribution in [1.82, 2.24) is 5.32 Å². The molecule has 0 radical (unpaired) electrons. The number of hydrogen-bond acceptors (Lipinski definition) is 5. The fraction of sp³-hybridized carbons (Fsp3) is 0.533. The third kappa shape index (κ3) is 4.62. The molecule has 2 rings (SSSR count). The molecule has 1 aromatic rings. The number of amides is 1. The molecule has 22 heavy (non-hydrogen) atoms. The number of nitrogens with one attached hydrogen (secondary N) is 1. The normalized spacial score (nSPS) is 18.3. The van der Waals surface area contributed by atoms with Gasteiger partial charge in [0.05, 0.1) is 18.6 Å². The van der Waals surface area contributed by atoms with E-state index in [9.17, 15) is 13.2 Å². The molecule has 1 unspecified atom stereocenters. The van der Waals surface area contributed by atoms with Gasteiger partial charge in [-0.25, -0.2) is 8.42 Å². The van der Waals surface area contributed by atoms with Crippen LogP contribution < -0.4 is 15.0 Å². The SMILES string of the molecule is COc1ccccc1N1CCC(NC(=O)CCS(C)(=O)=O)C1. The average Bonchev–Trinajstić information content (AvgIpc) is 2.92. The molecule has 1 saturated heterocycles. The number of para-hydroxylation sites is 2. The number of hydrogen-bond donors (Lipinski definition) is 1. The van der Waals surface area contributed by atoms with Crippen LogP contribution in [-0.4, -0.2) is 52.6 Å². The van der Waals surface area contributed by atoms with Gasteiger partial charge in [-0.3, -0.25) is 4.79 Å². The molecule has 1 aromatic carbocycles. The quantitative estimate of drug-likeness (QED) is 0.838. The van der Waals surface area contributed by atoms with Crippen LogP contribution in [0.2, 0.25) is 0 Å². The molecule has 7 heteroatoms. The second-order valence-electron chi connectivity index (χ2n) is 5.55. The number of nitrogens with zero attached hydrogens (tertiary/aromatic N) is 1. The van der Waals surface area contributed by atoms with E-state index in [1.807, 2.05) is 24.3 Å². The molecule has 0 aliphatic carbocycles. The third-order valence-corrected chi connectivity index (χ3v) is 4.62. The minimum atomic E-state index is -3.10. The van der Waals surface area contributed by atoms with E-state index in [-0.39, 0.29) is 24.1 Å². The van der Waals surface area contributed by atoms with Gasteiger partial charge in [0.2, 0.25) is 5.91 Å². The van der Waals surface area contributed by atoms with Crippen LogP contribution >= 0.6 is 0 Å². The second kappa shape index (κ2) is 7.00. The molecular formula is C15H22N2O4S. The molecule has 1 N–H and O–H groups in total. The molecule has 0 spiro atoms. The molecule has 1 amide bonds. The van der Waals surface area contributed by atoms with Crippen molar-refractivity contribution in [3.8, 4) is 5.75 Å². The molecule has 6 nitrogen and oxygen atoms in total. The highest BCUT2D eigenvalue weighted by Gasteiger charge is 2.25. The first kappa shape index (κ1) is 16.6. The first-order valence-electron chi connectivity index (χ1n) is 7.24. The minimum absolute atomic E-state index is 0.0178. The van der Waals surface area contributed by atoms with Crippen molar-refractivity contribution in [1.29, 1.82) is 0 Å². The van der Waals surface area contributed by atoms with E-state index < -0.39 is 9.84 Å². The van der Waals surface area contributed by atoms with Crippen molar-refractivity contribution in [2.24, 2.45) is 0 Å². The number of carbonyl (C=O) groups is 1. The van der Waals surface area contributed by atoms with Crippen molar-refractivity contribution >= 4 is 21.4 Å². The van der Waals surface area contributed by atoms with Gasteiger partial charge in [0, 0.05) is 31.8 Å². The Kier molecular flexibility index (Phi) is 5.28. The van der Waals surface area contributed by atoms with Gasteiger partial charge in [-0.2, -0.15) is 0 Å². The van der Waals surface area contributed by atoms with E-state index in [1.165, 1.54) is 0 Å². The van der Waals surface area contributed by atoms with Crippen LogP contribution in [0.1, 0.15) is 12.8 Å². The van der Waals surface area contributed by atoms with Gasteiger partial charge < -0.3 is 15.0 Å². The summed E-state index contributed by atoms with van der Waals surface area (Å²) in [6, 6.07) is 7.82. The minimum Gasteiger partial charge on any atom is -0.495 e. The standard InChI is InChI=1S/C15H22N2O4S/c1-21-14-6-4-3-5-13(14)17-9-7-12(11-17)16-15(18)8-10-22(2,19)20/h3-6,12H,7-11H2,1-2H3,(H,16,18). The predicted molar refractivity (Wildman–Crippen MR) is 86.1 cm³/mol. The summed E-state index contributed by atoms with van der Waals surface area (Å²) in [7, 11) is -1.47. The van der Waals surface area contributed by atoms with Crippen molar-refractivity contribution in [3.05, 3.63) is 24.3 Å². The predicted octanol–water partition coefficient (Wildman–Crippen LogP) is 0.825. The maximum atomic E-state index is 11.8. The number of ether oxygens (including phenoxy) is 1. The zero-order valence-electron chi connectivity index (χ0n) is 12.9. The molecule has 0 bridgehead atoms. The molecule has 0 aromatic heterocycles. The number of anilines is 1. The highest BCUT2D eigenvalue weighted by molar-refractivity contribution is 7.90. The lowest BCUT2D eigenvalue weighted by atomic mass is 10.2. The van der Waals surface area contributed by atoms with Crippen LogP contribution in [0.5, 0.6) is 5.75 Å². The maximum Gasteiger partial charge on any atom is 0.221 e. The lowest BCUT2D eigenvalue weighted by molar-refractivity contribution is -0.121. The topological polar surface area (TPSA) is 75.7 Å². The van der Waals surface area contributed by atoms with Gasteiger partial charge in [0.1, 0.15) is 15.6 Å². The van der Waals surface area contributed by atoms with E-state index in [4.69, 9.17) is 4.74 Å². The Hall–Kier alpha value is -1.76. The summed E-state index contributed by atoms with van der Waals surface area (Å²) in [6.07, 6.45) is 1.99. The van der Waals surface area contributed by atoms with Crippen LogP contribution in [0, 0.1) is 0 Å². The maximum absolute atomic E-state index is 11.8. The number of methoxy groups -OCH3 is 1. The van der Waals surface area contributed by atoms with E-state index in [0.29, 0.717) is 6.54 Å². The van der Waals surface area contributed by atoms with Gasteiger partial charge in [-0.15, -0.1) is 0 Å². The van der Waals surface area contributed by atoms with Crippen LogP contribution in [0.4, 0.5) is 5.69 Å². The van der Waals surface area contributed by atoms with Gasteiger partial charge in [-0.05, 0) is 18.6 Å². The summed E-state index contributed by atoms with van der Waals surface area (Å²) in [5, 5.41) is 2.90. The molecule has 1 fully saturated rings. The van der Waals surface area contributed by atoms with E-state index in [2.05, 4.69) is 10.2 Å². The van der Waals surface area contributed by atoms with Crippen LogP contribution in [0.25, 0.3) is 0 Å². The van der Waals surface area contributed by atoms with Crippen LogP contribution in [0.15, 0.2) is 24.3 Å². The average molecular weight is 326 g/mol. The molecule has 1 heterocycles. The largest absolute Gasteiger partial charge is 0.495 e. The van der Waals surface area contributed by atoms with Gasteiger partial charge in [0.15, 0.2) is 0 Å². The summed E-state index contributed by atoms with van der Waals surface area (Å²) in [5.74, 6) is 0.491. The summed E-state index contributed by atoms with van der Waals surface area (Å²) >= 11 is 0. The first-order chi connectivity index (χ1) is 10.4. The Morgan fingerprint density at radius 2 is 2.14 bits per heavy atom. The lowest BCUT2D eigenvalue weighted by Gasteiger charge is -2.21. The van der Waals surface area contributed by atoms with Gasteiger partial charge >= 0.3 is 0 Å². The van der Waals surface area contributed by atoms with Crippen LogP contribution in [0.3, 0.4) is 0 Å². The monoisotopic (exact) mass is 326 g/mol. The molecule has 1 aliphatic heterocycles.